The molecule has 3 aromatic carbocycles. The molecule has 0 spiro atoms. The zero-order chi connectivity index (χ0) is 21.2. The highest BCUT2D eigenvalue weighted by atomic mass is 16.5. The average molecular weight is 400 g/mol. The topological polar surface area (TPSA) is 67.4 Å². The van der Waals surface area contributed by atoms with Crippen LogP contribution in [-0.2, 0) is 4.79 Å². The molecule has 0 aromatic heterocycles. The van der Waals surface area contributed by atoms with Crippen molar-refractivity contribution in [3.63, 3.8) is 0 Å². The highest BCUT2D eigenvalue weighted by Gasteiger charge is 2.13. The quantitative estimate of drug-likeness (QED) is 0.344. The maximum Gasteiger partial charge on any atom is 0.251 e. The first-order chi connectivity index (χ1) is 14.7. The Bertz CT molecular complexity index is 1010. The fourth-order valence-corrected chi connectivity index (χ4v) is 2.98. The summed E-state index contributed by atoms with van der Waals surface area (Å²) in [5.74, 6) is 0.299. The maximum atomic E-state index is 12.9. The summed E-state index contributed by atoms with van der Waals surface area (Å²) in [6.07, 6.45) is 1.81. The van der Waals surface area contributed by atoms with Crippen molar-refractivity contribution >= 4 is 23.5 Å². The summed E-state index contributed by atoms with van der Waals surface area (Å²) in [6, 6.07) is 26.0. The van der Waals surface area contributed by atoms with E-state index < -0.39 is 0 Å². The molecular weight excluding hydrogens is 376 g/mol. The average Bonchev–Trinajstić information content (AvgIpc) is 2.81. The number of benzene rings is 3. The molecule has 30 heavy (non-hydrogen) atoms. The van der Waals surface area contributed by atoms with Crippen molar-refractivity contribution in [1.29, 1.82) is 0 Å². The SMILES string of the molecule is COc1ccccc1/C=C(/C(=O)NCCNC(=O)c1ccccc1)c1ccccc1. The minimum Gasteiger partial charge on any atom is -0.496 e. The third-order valence-electron chi connectivity index (χ3n) is 4.50. The predicted octanol–water partition coefficient (Wildman–Crippen LogP) is 3.78. The number of hydrogen-bond donors (Lipinski definition) is 2. The molecule has 0 unspecified atom stereocenters. The second kappa shape index (κ2) is 10.6. The van der Waals surface area contributed by atoms with Crippen molar-refractivity contribution in [2.45, 2.75) is 0 Å². The molecule has 3 rings (SSSR count). The molecular formula is C25H24N2O3. The maximum absolute atomic E-state index is 12.9. The number of hydrogen-bond acceptors (Lipinski definition) is 3. The van der Waals surface area contributed by atoms with E-state index in [1.54, 1.807) is 19.2 Å². The Labute approximate surface area is 176 Å². The minimum absolute atomic E-state index is 0.169. The summed E-state index contributed by atoms with van der Waals surface area (Å²) in [7, 11) is 1.60. The Morgan fingerprint density at radius 1 is 0.767 bits per heavy atom. The van der Waals surface area contributed by atoms with Gasteiger partial charge in [-0.05, 0) is 29.8 Å². The molecule has 0 atom stereocenters. The normalized spacial score (nSPS) is 10.9. The fraction of sp³-hybridized carbons (Fsp3) is 0.120. The van der Waals surface area contributed by atoms with Crippen LogP contribution in [0.4, 0.5) is 0 Å². The third kappa shape index (κ3) is 5.58. The summed E-state index contributed by atoms with van der Waals surface area (Å²) in [4.78, 5) is 25.0. The van der Waals surface area contributed by atoms with Crippen LogP contribution < -0.4 is 15.4 Å². The Hall–Kier alpha value is -3.86. The van der Waals surface area contributed by atoms with Gasteiger partial charge in [0.15, 0.2) is 0 Å². The van der Waals surface area contributed by atoms with Crippen LogP contribution in [0, 0.1) is 0 Å². The van der Waals surface area contributed by atoms with Gasteiger partial charge in [-0.15, -0.1) is 0 Å². The van der Waals surface area contributed by atoms with Crippen molar-refractivity contribution in [3.05, 3.63) is 102 Å². The molecule has 0 fully saturated rings. The molecule has 0 saturated carbocycles. The number of methoxy groups -OCH3 is 1. The highest BCUT2D eigenvalue weighted by Crippen LogP contribution is 2.24. The lowest BCUT2D eigenvalue weighted by Gasteiger charge is -2.12. The molecule has 5 heteroatoms. The lowest BCUT2D eigenvalue weighted by Crippen LogP contribution is -2.35. The zero-order valence-corrected chi connectivity index (χ0v) is 16.8. The van der Waals surface area contributed by atoms with Crippen molar-refractivity contribution in [3.8, 4) is 5.75 Å². The van der Waals surface area contributed by atoms with Crippen LogP contribution in [0.2, 0.25) is 0 Å². The zero-order valence-electron chi connectivity index (χ0n) is 16.8. The van der Waals surface area contributed by atoms with E-state index in [1.165, 1.54) is 0 Å². The van der Waals surface area contributed by atoms with Gasteiger partial charge in [-0.3, -0.25) is 9.59 Å². The molecule has 0 aliphatic carbocycles. The van der Waals surface area contributed by atoms with E-state index in [0.29, 0.717) is 30.0 Å². The van der Waals surface area contributed by atoms with Crippen LogP contribution in [-0.4, -0.2) is 32.0 Å². The number of para-hydroxylation sites is 1. The van der Waals surface area contributed by atoms with E-state index in [4.69, 9.17) is 4.74 Å². The second-order valence-corrected chi connectivity index (χ2v) is 6.54. The molecule has 2 N–H and O–H groups in total. The summed E-state index contributed by atoms with van der Waals surface area (Å²) in [5, 5.41) is 5.69. The van der Waals surface area contributed by atoms with Gasteiger partial charge in [0, 0.05) is 29.8 Å². The van der Waals surface area contributed by atoms with Crippen LogP contribution >= 0.6 is 0 Å². The first-order valence-corrected chi connectivity index (χ1v) is 9.70. The third-order valence-corrected chi connectivity index (χ3v) is 4.50. The number of nitrogens with one attached hydrogen (secondary N) is 2. The van der Waals surface area contributed by atoms with Crippen LogP contribution in [0.3, 0.4) is 0 Å². The first kappa shape index (κ1) is 20.9. The molecule has 0 bridgehead atoms. The summed E-state index contributed by atoms with van der Waals surface area (Å²) in [6.45, 7) is 0.643. The van der Waals surface area contributed by atoms with Crippen molar-refractivity contribution < 1.29 is 14.3 Å². The summed E-state index contributed by atoms with van der Waals surface area (Å²) >= 11 is 0. The van der Waals surface area contributed by atoms with Gasteiger partial charge in [0.1, 0.15) is 5.75 Å². The Morgan fingerprint density at radius 3 is 2.00 bits per heavy atom. The molecule has 0 aliphatic heterocycles. The highest BCUT2D eigenvalue weighted by molar-refractivity contribution is 6.24. The van der Waals surface area contributed by atoms with Crippen LogP contribution in [0.1, 0.15) is 21.5 Å². The van der Waals surface area contributed by atoms with E-state index in [9.17, 15) is 9.59 Å². The molecule has 3 aromatic rings. The Balaban J connectivity index is 1.69. The van der Waals surface area contributed by atoms with Gasteiger partial charge in [0.2, 0.25) is 0 Å². The predicted molar refractivity (Wildman–Crippen MR) is 119 cm³/mol. The molecule has 2 amide bonds. The van der Waals surface area contributed by atoms with Crippen molar-refractivity contribution in [1.82, 2.24) is 10.6 Å². The largest absolute Gasteiger partial charge is 0.496 e. The van der Waals surface area contributed by atoms with Crippen LogP contribution in [0.5, 0.6) is 5.75 Å². The van der Waals surface area contributed by atoms with E-state index in [2.05, 4.69) is 10.6 Å². The van der Waals surface area contributed by atoms with Gasteiger partial charge in [-0.25, -0.2) is 0 Å². The van der Waals surface area contributed by atoms with Gasteiger partial charge in [0.05, 0.1) is 7.11 Å². The molecule has 0 aliphatic rings. The number of amides is 2. The fourth-order valence-electron chi connectivity index (χ4n) is 2.98. The van der Waals surface area contributed by atoms with Crippen molar-refractivity contribution in [2.75, 3.05) is 20.2 Å². The molecule has 0 saturated heterocycles. The van der Waals surface area contributed by atoms with Crippen molar-refractivity contribution in [2.24, 2.45) is 0 Å². The Morgan fingerprint density at radius 2 is 1.33 bits per heavy atom. The van der Waals surface area contributed by atoms with E-state index in [0.717, 1.165) is 11.1 Å². The number of carbonyl (C=O) groups excluding carboxylic acids is 2. The van der Waals surface area contributed by atoms with Gasteiger partial charge >= 0.3 is 0 Å². The molecule has 0 heterocycles. The molecule has 5 nitrogen and oxygen atoms in total. The lowest BCUT2D eigenvalue weighted by atomic mass is 10.0. The molecule has 152 valence electrons. The van der Waals surface area contributed by atoms with Gasteiger partial charge in [0.25, 0.3) is 11.8 Å². The number of ether oxygens (including phenoxy) is 1. The van der Waals surface area contributed by atoms with Crippen LogP contribution in [0.15, 0.2) is 84.9 Å². The smallest absolute Gasteiger partial charge is 0.251 e. The first-order valence-electron chi connectivity index (χ1n) is 9.70. The van der Waals surface area contributed by atoms with E-state index >= 15 is 0 Å². The monoisotopic (exact) mass is 400 g/mol. The van der Waals surface area contributed by atoms with E-state index in [1.807, 2.05) is 78.9 Å². The molecule has 0 radical (unpaired) electrons. The summed E-state index contributed by atoms with van der Waals surface area (Å²) < 4.78 is 5.40. The Kier molecular flexibility index (Phi) is 7.39. The standard InChI is InChI=1S/C25H24N2O3/c1-30-23-15-9-8-14-21(23)18-22(19-10-4-2-5-11-19)25(29)27-17-16-26-24(28)20-12-6-3-7-13-20/h2-15,18H,16-17H2,1H3,(H,26,28)(H,27,29)/b22-18+. The minimum atomic E-state index is -0.221. The van der Waals surface area contributed by atoms with Gasteiger partial charge in [-0.1, -0.05) is 66.7 Å². The summed E-state index contributed by atoms with van der Waals surface area (Å²) in [5.41, 5.74) is 2.72. The van der Waals surface area contributed by atoms with Crippen LogP contribution in [0.25, 0.3) is 11.6 Å². The second-order valence-electron chi connectivity index (χ2n) is 6.54. The lowest BCUT2D eigenvalue weighted by molar-refractivity contribution is -0.115. The van der Waals surface area contributed by atoms with Gasteiger partial charge in [-0.2, -0.15) is 0 Å². The number of rotatable bonds is 8. The number of carbonyl (C=O) groups is 2. The van der Waals surface area contributed by atoms with Gasteiger partial charge < -0.3 is 15.4 Å². The van der Waals surface area contributed by atoms with E-state index in [-0.39, 0.29) is 11.8 Å².